The predicted molar refractivity (Wildman–Crippen MR) is 86.0 cm³/mol. The topological polar surface area (TPSA) is 45.2 Å². The number of hydrogen-bond acceptors (Lipinski definition) is 4. The lowest BCUT2D eigenvalue weighted by Gasteiger charge is -2.12. The number of carbonyl (C=O) groups excluding carboxylic acids is 1. The van der Waals surface area contributed by atoms with Crippen LogP contribution in [0.25, 0.3) is 0 Å². The Kier molecular flexibility index (Phi) is 3.92. The monoisotopic (exact) mass is 301 g/mol. The fourth-order valence-corrected chi connectivity index (χ4v) is 3.10. The minimum atomic E-state index is -0.0544. The van der Waals surface area contributed by atoms with E-state index in [0.717, 1.165) is 11.4 Å². The van der Waals surface area contributed by atoms with Crippen LogP contribution in [0.3, 0.4) is 0 Å². The lowest BCUT2D eigenvalue weighted by atomic mass is 10.2. The molecule has 1 fully saturated rings. The number of benzene rings is 1. The van der Waals surface area contributed by atoms with Crippen molar-refractivity contribution >= 4 is 22.9 Å². The zero-order chi connectivity index (χ0) is 14.8. The Morgan fingerprint density at radius 1 is 1.33 bits per heavy atom. The lowest BCUT2D eigenvalue weighted by molar-refractivity contribution is 0.0950. The van der Waals surface area contributed by atoms with E-state index in [4.69, 9.17) is 0 Å². The van der Waals surface area contributed by atoms with Crippen LogP contribution in [0.1, 0.15) is 39.8 Å². The Morgan fingerprint density at radius 3 is 2.67 bits per heavy atom. The third kappa shape index (κ3) is 3.42. The molecule has 0 aliphatic heterocycles. The van der Waals surface area contributed by atoms with Crippen LogP contribution in [0.15, 0.2) is 29.6 Å². The molecular formula is C16H19N3OS. The van der Waals surface area contributed by atoms with Gasteiger partial charge in [-0.05, 0) is 37.1 Å². The molecule has 1 aliphatic rings. The van der Waals surface area contributed by atoms with Gasteiger partial charge < -0.3 is 10.2 Å². The van der Waals surface area contributed by atoms with E-state index in [1.807, 2.05) is 48.6 Å². The second-order valence-corrected chi connectivity index (χ2v) is 6.47. The van der Waals surface area contributed by atoms with Crippen molar-refractivity contribution in [2.75, 3.05) is 19.0 Å². The first-order valence-corrected chi connectivity index (χ1v) is 8.01. The van der Waals surface area contributed by atoms with Crippen molar-refractivity contribution in [1.82, 2.24) is 10.3 Å². The van der Waals surface area contributed by atoms with Crippen molar-refractivity contribution in [2.45, 2.75) is 25.3 Å². The van der Waals surface area contributed by atoms with E-state index in [1.165, 1.54) is 17.8 Å². The van der Waals surface area contributed by atoms with Gasteiger partial charge in [0.05, 0.1) is 17.2 Å². The normalized spacial score (nSPS) is 14.0. The standard InChI is InChI=1S/C16H19N3OS/c1-19(2)14-7-5-11(6-8-14)15(20)17-9-13-10-21-16(18-13)12-3-4-12/h5-8,10,12H,3-4,9H2,1-2H3,(H,17,20). The highest BCUT2D eigenvalue weighted by molar-refractivity contribution is 7.09. The second-order valence-electron chi connectivity index (χ2n) is 5.58. The van der Waals surface area contributed by atoms with Gasteiger partial charge in [0.15, 0.2) is 0 Å². The predicted octanol–water partition coefficient (Wildman–Crippen LogP) is 3.02. The minimum Gasteiger partial charge on any atom is -0.378 e. The Morgan fingerprint density at radius 2 is 2.05 bits per heavy atom. The van der Waals surface area contributed by atoms with E-state index < -0.39 is 0 Å². The van der Waals surface area contributed by atoms with Crippen LogP contribution in [0.2, 0.25) is 0 Å². The smallest absolute Gasteiger partial charge is 0.251 e. The van der Waals surface area contributed by atoms with Gasteiger partial charge >= 0.3 is 0 Å². The third-order valence-electron chi connectivity index (χ3n) is 3.57. The number of nitrogens with zero attached hydrogens (tertiary/aromatic N) is 2. The number of thiazole rings is 1. The molecule has 1 aliphatic carbocycles. The molecule has 2 aromatic rings. The average molecular weight is 301 g/mol. The van der Waals surface area contributed by atoms with Gasteiger partial charge in [0, 0.05) is 36.6 Å². The van der Waals surface area contributed by atoms with Crippen LogP contribution >= 0.6 is 11.3 Å². The van der Waals surface area contributed by atoms with E-state index in [0.29, 0.717) is 18.0 Å². The fourth-order valence-electron chi connectivity index (χ4n) is 2.11. The van der Waals surface area contributed by atoms with E-state index in [-0.39, 0.29) is 5.91 Å². The molecule has 0 radical (unpaired) electrons. The molecule has 1 amide bonds. The number of hydrogen-bond donors (Lipinski definition) is 1. The van der Waals surface area contributed by atoms with Crippen molar-refractivity contribution < 1.29 is 4.79 Å². The van der Waals surface area contributed by atoms with Gasteiger partial charge in [-0.25, -0.2) is 4.98 Å². The molecular weight excluding hydrogens is 282 g/mol. The van der Waals surface area contributed by atoms with Gasteiger partial charge in [0.25, 0.3) is 5.91 Å². The first-order chi connectivity index (χ1) is 10.1. The van der Waals surface area contributed by atoms with Gasteiger partial charge in [-0.2, -0.15) is 0 Å². The van der Waals surface area contributed by atoms with Crippen LogP contribution in [-0.2, 0) is 6.54 Å². The molecule has 21 heavy (non-hydrogen) atoms. The summed E-state index contributed by atoms with van der Waals surface area (Å²) in [6, 6.07) is 7.59. The SMILES string of the molecule is CN(C)c1ccc(C(=O)NCc2csc(C3CC3)n2)cc1. The molecule has 0 unspecified atom stereocenters. The van der Waals surface area contributed by atoms with E-state index in [2.05, 4.69) is 10.3 Å². The van der Waals surface area contributed by atoms with E-state index in [1.54, 1.807) is 11.3 Å². The second kappa shape index (κ2) is 5.85. The average Bonchev–Trinajstić information content (AvgIpc) is 3.24. The molecule has 1 heterocycles. The number of amides is 1. The van der Waals surface area contributed by atoms with Crippen LogP contribution in [-0.4, -0.2) is 25.0 Å². The molecule has 1 aromatic heterocycles. The number of nitrogens with one attached hydrogen (secondary N) is 1. The maximum atomic E-state index is 12.1. The molecule has 110 valence electrons. The molecule has 0 bridgehead atoms. The molecule has 5 heteroatoms. The summed E-state index contributed by atoms with van der Waals surface area (Å²) in [4.78, 5) is 18.7. The molecule has 3 rings (SSSR count). The summed E-state index contributed by atoms with van der Waals surface area (Å²) in [6.45, 7) is 0.498. The highest BCUT2D eigenvalue weighted by atomic mass is 32.1. The maximum Gasteiger partial charge on any atom is 0.251 e. The minimum absolute atomic E-state index is 0.0544. The molecule has 4 nitrogen and oxygen atoms in total. The van der Waals surface area contributed by atoms with Crippen molar-refractivity contribution in [3.05, 3.63) is 45.9 Å². The Hall–Kier alpha value is -1.88. The highest BCUT2D eigenvalue weighted by Crippen LogP contribution is 2.41. The zero-order valence-corrected chi connectivity index (χ0v) is 13.1. The summed E-state index contributed by atoms with van der Waals surface area (Å²) in [5, 5.41) is 6.19. The van der Waals surface area contributed by atoms with E-state index in [9.17, 15) is 4.79 Å². The van der Waals surface area contributed by atoms with Crippen molar-refractivity contribution in [1.29, 1.82) is 0 Å². The van der Waals surface area contributed by atoms with Gasteiger partial charge in [-0.1, -0.05) is 0 Å². The van der Waals surface area contributed by atoms with Gasteiger partial charge in [0.1, 0.15) is 0 Å². The fraction of sp³-hybridized carbons (Fsp3) is 0.375. The van der Waals surface area contributed by atoms with Crippen LogP contribution in [0.5, 0.6) is 0 Å². The molecule has 1 N–H and O–H groups in total. The summed E-state index contributed by atoms with van der Waals surface area (Å²) in [7, 11) is 3.96. The summed E-state index contributed by atoms with van der Waals surface area (Å²) >= 11 is 1.70. The molecule has 0 atom stereocenters. The van der Waals surface area contributed by atoms with Gasteiger partial charge in [0.2, 0.25) is 0 Å². The van der Waals surface area contributed by atoms with Crippen LogP contribution in [0, 0.1) is 0 Å². The largest absolute Gasteiger partial charge is 0.378 e. The lowest BCUT2D eigenvalue weighted by Crippen LogP contribution is -2.23. The quantitative estimate of drug-likeness (QED) is 0.923. The first-order valence-electron chi connectivity index (χ1n) is 7.13. The first kappa shape index (κ1) is 14.1. The summed E-state index contributed by atoms with van der Waals surface area (Å²) in [5.74, 6) is 0.624. The third-order valence-corrected chi connectivity index (χ3v) is 4.63. The van der Waals surface area contributed by atoms with E-state index >= 15 is 0 Å². The Labute approximate surface area is 128 Å². The number of carbonyl (C=O) groups is 1. The molecule has 1 aromatic carbocycles. The van der Waals surface area contributed by atoms with Gasteiger partial charge in [-0.3, -0.25) is 4.79 Å². The number of aromatic nitrogens is 1. The van der Waals surface area contributed by atoms with Crippen molar-refractivity contribution in [3.63, 3.8) is 0 Å². The molecule has 0 saturated heterocycles. The van der Waals surface area contributed by atoms with Crippen molar-refractivity contribution in [2.24, 2.45) is 0 Å². The van der Waals surface area contributed by atoms with Crippen LogP contribution in [0.4, 0.5) is 5.69 Å². The summed E-state index contributed by atoms with van der Waals surface area (Å²) in [6.07, 6.45) is 2.52. The summed E-state index contributed by atoms with van der Waals surface area (Å²) in [5.41, 5.74) is 2.72. The van der Waals surface area contributed by atoms with Crippen molar-refractivity contribution in [3.8, 4) is 0 Å². The Balaban J connectivity index is 1.57. The zero-order valence-electron chi connectivity index (χ0n) is 12.3. The Bertz CT molecular complexity index is 629. The van der Waals surface area contributed by atoms with Gasteiger partial charge in [-0.15, -0.1) is 11.3 Å². The molecule has 1 saturated carbocycles. The number of rotatable bonds is 5. The highest BCUT2D eigenvalue weighted by Gasteiger charge is 2.26. The summed E-state index contributed by atoms with van der Waals surface area (Å²) < 4.78 is 0. The molecule has 0 spiro atoms. The van der Waals surface area contributed by atoms with Crippen LogP contribution < -0.4 is 10.2 Å². The number of anilines is 1. The maximum absolute atomic E-state index is 12.1.